The van der Waals surface area contributed by atoms with Crippen LogP contribution in [0.4, 0.5) is 0 Å². The second-order valence-electron chi connectivity index (χ2n) is 4.48. The molecule has 0 saturated heterocycles. The number of rotatable bonds is 5. The van der Waals surface area contributed by atoms with Gasteiger partial charge in [-0.25, -0.2) is 9.97 Å². The van der Waals surface area contributed by atoms with Gasteiger partial charge in [-0.05, 0) is 40.8 Å². The molecule has 104 valence electrons. The van der Waals surface area contributed by atoms with Crippen LogP contribution >= 0.6 is 45.5 Å². The molecule has 0 unspecified atom stereocenters. The van der Waals surface area contributed by atoms with Crippen molar-refractivity contribution < 1.29 is 0 Å². The van der Waals surface area contributed by atoms with E-state index in [9.17, 15) is 0 Å². The molecule has 0 fully saturated rings. The first-order chi connectivity index (χ1) is 9.78. The maximum atomic E-state index is 5.90. The van der Waals surface area contributed by atoms with E-state index in [1.165, 1.54) is 9.09 Å². The van der Waals surface area contributed by atoms with E-state index in [0.717, 1.165) is 36.4 Å². The minimum Gasteiger partial charge on any atom is -0.328 e. The van der Waals surface area contributed by atoms with E-state index in [4.69, 9.17) is 16.6 Å². The zero-order chi connectivity index (χ0) is 13.9. The molecule has 2 heterocycles. The summed E-state index contributed by atoms with van der Waals surface area (Å²) in [5, 5.41) is 2.10. The Bertz CT molecular complexity index is 709. The molecule has 0 bridgehead atoms. The molecule has 3 aromatic rings. The minimum atomic E-state index is 0.594. The summed E-state index contributed by atoms with van der Waals surface area (Å²) in [5.41, 5.74) is 5.25. The molecule has 6 heteroatoms. The Balaban J connectivity index is 1.95. The van der Waals surface area contributed by atoms with Gasteiger partial charge in [-0.2, -0.15) is 0 Å². The van der Waals surface area contributed by atoms with E-state index >= 15 is 0 Å². The number of alkyl halides is 1. The molecule has 0 atom stereocenters. The maximum absolute atomic E-state index is 5.90. The number of hydrogen-bond acceptors (Lipinski definition) is 3. The van der Waals surface area contributed by atoms with Gasteiger partial charge in [0.2, 0.25) is 0 Å². The molecular weight excluding hydrogens is 405 g/mol. The van der Waals surface area contributed by atoms with Crippen molar-refractivity contribution in [2.75, 3.05) is 5.88 Å². The Morgan fingerprint density at radius 2 is 2.20 bits per heavy atom. The van der Waals surface area contributed by atoms with E-state index in [1.807, 2.05) is 5.51 Å². The lowest BCUT2D eigenvalue weighted by molar-refractivity contribution is 0.668. The largest absolute Gasteiger partial charge is 0.328 e. The highest BCUT2D eigenvalue weighted by atomic mass is 127. The summed E-state index contributed by atoms with van der Waals surface area (Å²) in [7, 11) is 0. The Morgan fingerprint density at radius 3 is 2.95 bits per heavy atom. The van der Waals surface area contributed by atoms with Crippen molar-refractivity contribution in [3.8, 4) is 0 Å². The number of imidazole rings is 1. The van der Waals surface area contributed by atoms with Crippen LogP contribution in [-0.2, 0) is 19.4 Å². The number of nitrogens with zero attached hydrogens (tertiary/aromatic N) is 3. The predicted molar refractivity (Wildman–Crippen MR) is 92.7 cm³/mol. The van der Waals surface area contributed by atoms with E-state index in [2.05, 4.69) is 55.7 Å². The first-order valence-corrected chi connectivity index (χ1v) is 8.91. The SMILES string of the molecule is ClCCc1nc2cc(I)ccc2n1CCc1cscn1. The van der Waals surface area contributed by atoms with Gasteiger partial charge in [-0.3, -0.25) is 0 Å². The van der Waals surface area contributed by atoms with Crippen LogP contribution < -0.4 is 0 Å². The van der Waals surface area contributed by atoms with Crippen LogP contribution in [0.15, 0.2) is 29.1 Å². The molecule has 1 aromatic carbocycles. The highest BCUT2D eigenvalue weighted by Crippen LogP contribution is 2.20. The van der Waals surface area contributed by atoms with Crippen LogP contribution in [0.1, 0.15) is 11.5 Å². The van der Waals surface area contributed by atoms with Gasteiger partial charge in [0.15, 0.2) is 0 Å². The van der Waals surface area contributed by atoms with E-state index in [0.29, 0.717) is 5.88 Å². The zero-order valence-corrected chi connectivity index (χ0v) is 14.5. The van der Waals surface area contributed by atoms with Crippen LogP contribution in [0.5, 0.6) is 0 Å². The van der Waals surface area contributed by atoms with Crippen LogP contribution in [0, 0.1) is 3.57 Å². The summed E-state index contributed by atoms with van der Waals surface area (Å²) in [6.07, 6.45) is 1.72. The average molecular weight is 418 g/mol. The average Bonchev–Trinajstić information content (AvgIpc) is 3.04. The van der Waals surface area contributed by atoms with Gasteiger partial charge in [0.25, 0.3) is 0 Å². The lowest BCUT2D eigenvalue weighted by Gasteiger charge is -2.07. The Labute approximate surface area is 140 Å². The fourth-order valence-electron chi connectivity index (χ4n) is 2.27. The molecule has 0 spiro atoms. The van der Waals surface area contributed by atoms with E-state index in [1.54, 1.807) is 11.3 Å². The fraction of sp³-hybridized carbons (Fsp3) is 0.286. The topological polar surface area (TPSA) is 30.7 Å². The first-order valence-electron chi connectivity index (χ1n) is 6.35. The summed E-state index contributed by atoms with van der Waals surface area (Å²) in [5.74, 6) is 1.66. The van der Waals surface area contributed by atoms with Gasteiger partial charge in [0, 0.05) is 34.2 Å². The van der Waals surface area contributed by atoms with Crippen molar-refractivity contribution in [1.29, 1.82) is 0 Å². The molecule has 0 radical (unpaired) electrons. The third-order valence-corrected chi connectivity index (χ3v) is 4.68. The van der Waals surface area contributed by atoms with Crippen LogP contribution in [0.2, 0.25) is 0 Å². The Morgan fingerprint density at radius 1 is 1.30 bits per heavy atom. The summed E-state index contributed by atoms with van der Waals surface area (Å²) in [6, 6.07) is 6.38. The highest BCUT2D eigenvalue weighted by Gasteiger charge is 2.11. The van der Waals surface area contributed by atoms with Gasteiger partial charge in [0.05, 0.1) is 22.2 Å². The maximum Gasteiger partial charge on any atom is 0.111 e. The normalized spacial score (nSPS) is 11.3. The number of aromatic nitrogens is 3. The number of hydrogen-bond donors (Lipinski definition) is 0. The first kappa shape index (κ1) is 14.3. The number of halogens is 2. The highest BCUT2D eigenvalue weighted by molar-refractivity contribution is 14.1. The molecule has 20 heavy (non-hydrogen) atoms. The number of fused-ring (bicyclic) bond motifs is 1. The molecule has 0 aliphatic heterocycles. The molecule has 0 aliphatic rings. The van der Waals surface area contributed by atoms with Crippen molar-refractivity contribution >= 4 is 56.6 Å². The Hall–Kier alpha value is -0.660. The minimum absolute atomic E-state index is 0.594. The predicted octanol–water partition coefficient (Wildman–Crippen LogP) is 4.12. The lowest BCUT2D eigenvalue weighted by Crippen LogP contribution is -2.07. The fourth-order valence-corrected chi connectivity index (χ4v) is 3.50. The van der Waals surface area contributed by atoms with Crippen molar-refractivity contribution in [2.45, 2.75) is 19.4 Å². The van der Waals surface area contributed by atoms with Crippen LogP contribution in [0.25, 0.3) is 11.0 Å². The van der Waals surface area contributed by atoms with Gasteiger partial charge in [-0.15, -0.1) is 22.9 Å². The zero-order valence-electron chi connectivity index (χ0n) is 10.7. The van der Waals surface area contributed by atoms with Crippen LogP contribution in [-0.4, -0.2) is 20.4 Å². The quantitative estimate of drug-likeness (QED) is 0.462. The van der Waals surface area contributed by atoms with Crippen LogP contribution in [0.3, 0.4) is 0 Å². The molecule has 2 aromatic heterocycles. The molecule has 0 aliphatic carbocycles. The third kappa shape index (κ3) is 2.99. The number of thiazole rings is 1. The van der Waals surface area contributed by atoms with Gasteiger partial charge in [0.1, 0.15) is 5.82 Å². The molecule has 3 rings (SSSR count). The Kier molecular flexibility index (Phi) is 4.58. The lowest BCUT2D eigenvalue weighted by atomic mass is 10.3. The molecule has 0 N–H and O–H groups in total. The third-order valence-electron chi connectivity index (χ3n) is 3.18. The number of aryl methyl sites for hydroxylation is 3. The second kappa shape index (κ2) is 6.41. The summed E-state index contributed by atoms with van der Waals surface area (Å²) < 4.78 is 3.48. The van der Waals surface area contributed by atoms with Gasteiger partial charge < -0.3 is 4.57 Å². The molecular formula is C14H13ClIN3S. The smallest absolute Gasteiger partial charge is 0.111 e. The standard InChI is InChI=1S/C14H13ClIN3S/c15-5-3-14-18-12-7-10(16)1-2-13(12)19(14)6-4-11-8-20-9-17-11/h1-2,7-9H,3-6H2. The summed E-state index contributed by atoms with van der Waals surface area (Å²) in [6.45, 7) is 0.896. The number of benzene rings is 1. The monoisotopic (exact) mass is 417 g/mol. The molecule has 0 saturated carbocycles. The van der Waals surface area contributed by atoms with E-state index < -0.39 is 0 Å². The molecule has 0 amide bonds. The van der Waals surface area contributed by atoms with Crippen molar-refractivity contribution in [3.05, 3.63) is 44.2 Å². The summed E-state index contributed by atoms with van der Waals surface area (Å²) >= 11 is 9.86. The second-order valence-corrected chi connectivity index (χ2v) is 6.82. The van der Waals surface area contributed by atoms with Gasteiger partial charge >= 0.3 is 0 Å². The van der Waals surface area contributed by atoms with Crippen molar-refractivity contribution in [1.82, 2.24) is 14.5 Å². The summed E-state index contributed by atoms with van der Waals surface area (Å²) in [4.78, 5) is 9.06. The van der Waals surface area contributed by atoms with Gasteiger partial charge in [-0.1, -0.05) is 0 Å². The van der Waals surface area contributed by atoms with Crippen molar-refractivity contribution in [2.24, 2.45) is 0 Å². The van der Waals surface area contributed by atoms with Crippen molar-refractivity contribution in [3.63, 3.8) is 0 Å². The molecule has 3 nitrogen and oxygen atoms in total. The van der Waals surface area contributed by atoms with E-state index in [-0.39, 0.29) is 0 Å².